The number of nitrogens with zero attached hydrogens (tertiary/aromatic N) is 1. The fraction of sp³-hybridized carbons (Fsp3) is 0. The molecular weight excluding hydrogens is 615 g/mol. The highest BCUT2D eigenvalue weighted by Gasteiger charge is 2.23. The number of rotatable bonds is 7. The molecule has 0 amide bonds. The third kappa shape index (κ3) is 5.75. The van der Waals surface area contributed by atoms with Crippen LogP contribution in [0, 0.1) is 0 Å². The van der Waals surface area contributed by atoms with Crippen molar-refractivity contribution in [1.29, 1.82) is 0 Å². The summed E-state index contributed by atoms with van der Waals surface area (Å²) in [5.74, 6) is 0. The van der Waals surface area contributed by atoms with E-state index in [-0.39, 0.29) is 0 Å². The first-order valence-corrected chi connectivity index (χ1v) is 17.5. The molecule has 0 N–H and O–H groups in total. The van der Waals surface area contributed by atoms with Gasteiger partial charge >= 0.3 is 0 Å². The molecule has 0 saturated heterocycles. The van der Waals surface area contributed by atoms with Gasteiger partial charge in [0.2, 0.25) is 0 Å². The first kappa shape index (κ1) is 30.4. The van der Waals surface area contributed by atoms with Gasteiger partial charge in [0.1, 0.15) is 0 Å². The summed E-state index contributed by atoms with van der Waals surface area (Å²) in [7, 11) is 0. The summed E-state index contributed by atoms with van der Waals surface area (Å²) in [6.07, 6.45) is 0. The molecule has 0 heterocycles. The molecule has 0 aromatic heterocycles. The Morgan fingerprint density at radius 2 is 0.784 bits per heavy atom. The first-order chi connectivity index (χ1) is 25.3. The molecule has 0 saturated carbocycles. The van der Waals surface area contributed by atoms with Gasteiger partial charge in [0.15, 0.2) is 0 Å². The van der Waals surface area contributed by atoms with E-state index in [1.165, 1.54) is 66.1 Å². The van der Waals surface area contributed by atoms with Gasteiger partial charge in [0.05, 0.1) is 5.69 Å². The first-order valence-electron chi connectivity index (χ1n) is 17.5. The smallest absolute Gasteiger partial charge is 0.0546 e. The third-order valence-corrected chi connectivity index (χ3v) is 9.87. The molecule has 9 aromatic carbocycles. The van der Waals surface area contributed by atoms with E-state index in [1.54, 1.807) is 0 Å². The van der Waals surface area contributed by atoms with Crippen molar-refractivity contribution in [2.24, 2.45) is 0 Å². The molecule has 9 rings (SSSR count). The number of hydrogen-bond donors (Lipinski definition) is 0. The van der Waals surface area contributed by atoms with Crippen LogP contribution in [0.2, 0.25) is 0 Å². The van der Waals surface area contributed by atoms with E-state index in [2.05, 4.69) is 217 Å². The lowest BCUT2D eigenvalue weighted by atomic mass is 9.87. The van der Waals surface area contributed by atoms with Crippen LogP contribution < -0.4 is 4.90 Å². The lowest BCUT2D eigenvalue weighted by Crippen LogP contribution is -2.12. The van der Waals surface area contributed by atoms with Crippen LogP contribution in [0.3, 0.4) is 0 Å². The second kappa shape index (κ2) is 13.3. The fourth-order valence-corrected chi connectivity index (χ4v) is 7.44. The van der Waals surface area contributed by atoms with Crippen LogP contribution in [0.15, 0.2) is 212 Å². The molecule has 0 aliphatic carbocycles. The predicted molar refractivity (Wildman–Crippen MR) is 218 cm³/mol. The molecule has 1 heteroatoms. The van der Waals surface area contributed by atoms with Crippen molar-refractivity contribution in [3.8, 4) is 44.5 Å². The minimum atomic E-state index is 1.10. The van der Waals surface area contributed by atoms with Gasteiger partial charge < -0.3 is 4.90 Å². The van der Waals surface area contributed by atoms with E-state index in [0.29, 0.717) is 0 Å². The van der Waals surface area contributed by atoms with Crippen molar-refractivity contribution in [3.63, 3.8) is 0 Å². The zero-order valence-corrected chi connectivity index (χ0v) is 28.2. The molecule has 0 atom stereocenters. The third-order valence-electron chi connectivity index (χ3n) is 9.87. The second-order valence-electron chi connectivity index (χ2n) is 12.9. The summed E-state index contributed by atoms with van der Waals surface area (Å²) < 4.78 is 0. The molecule has 0 radical (unpaired) electrons. The molecule has 1 nitrogen and oxygen atoms in total. The van der Waals surface area contributed by atoms with Crippen molar-refractivity contribution in [2.75, 3.05) is 4.90 Å². The lowest BCUT2D eigenvalue weighted by molar-refractivity contribution is 1.29. The molecule has 0 bridgehead atoms. The summed E-state index contributed by atoms with van der Waals surface area (Å²) in [6.45, 7) is 0. The van der Waals surface area contributed by atoms with Crippen molar-refractivity contribution < 1.29 is 0 Å². The average Bonchev–Trinajstić information content (AvgIpc) is 3.22. The van der Waals surface area contributed by atoms with E-state index in [0.717, 1.165) is 17.1 Å². The SMILES string of the molecule is c1ccc(-c2ccc(N(c3ccc4c(ccc5ccccc54)c3)c3cccc(-c4ccccc4)c3-c3ccccc3-c3ccccc3)cc2)cc1. The maximum atomic E-state index is 2.44. The Kier molecular flexibility index (Phi) is 7.92. The minimum Gasteiger partial charge on any atom is -0.310 e. The molecule has 0 spiro atoms. The van der Waals surface area contributed by atoms with Crippen LogP contribution >= 0.6 is 0 Å². The Labute approximate surface area is 299 Å². The average molecular weight is 650 g/mol. The normalized spacial score (nSPS) is 11.1. The molecule has 0 fully saturated rings. The molecule has 240 valence electrons. The van der Waals surface area contributed by atoms with Gasteiger partial charge in [-0.2, -0.15) is 0 Å². The van der Waals surface area contributed by atoms with E-state index >= 15 is 0 Å². The Morgan fingerprint density at radius 1 is 0.275 bits per heavy atom. The highest BCUT2D eigenvalue weighted by atomic mass is 15.1. The Bertz CT molecular complexity index is 2610. The van der Waals surface area contributed by atoms with Crippen LogP contribution in [0.25, 0.3) is 66.1 Å². The quantitative estimate of drug-likeness (QED) is 0.155. The molecular formula is C50H35N. The van der Waals surface area contributed by atoms with Crippen LogP contribution in [-0.2, 0) is 0 Å². The Morgan fingerprint density at radius 3 is 1.51 bits per heavy atom. The zero-order valence-electron chi connectivity index (χ0n) is 28.2. The maximum absolute atomic E-state index is 2.44. The number of benzene rings is 9. The molecule has 51 heavy (non-hydrogen) atoms. The summed E-state index contributed by atoms with van der Waals surface area (Å²) >= 11 is 0. The predicted octanol–water partition coefficient (Wildman–Crippen LogP) is 14.1. The maximum Gasteiger partial charge on any atom is 0.0546 e. The van der Waals surface area contributed by atoms with Gasteiger partial charge in [-0.15, -0.1) is 0 Å². The van der Waals surface area contributed by atoms with Crippen molar-refractivity contribution in [3.05, 3.63) is 212 Å². The Balaban J connectivity index is 1.32. The van der Waals surface area contributed by atoms with Gasteiger partial charge in [-0.05, 0) is 90.8 Å². The lowest BCUT2D eigenvalue weighted by Gasteiger charge is -2.30. The largest absolute Gasteiger partial charge is 0.310 e. The van der Waals surface area contributed by atoms with Gasteiger partial charge in [0.25, 0.3) is 0 Å². The fourth-order valence-electron chi connectivity index (χ4n) is 7.44. The van der Waals surface area contributed by atoms with Crippen molar-refractivity contribution >= 4 is 38.6 Å². The van der Waals surface area contributed by atoms with Crippen LogP contribution in [0.1, 0.15) is 0 Å². The van der Waals surface area contributed by atoms with E-state index in [4.69, 9.17) is 0 Å². The highest BCUT2D eigenvalue weighted by molar-refractivity contribution is 6.09. The highest BCUT2D eigenvalue weighted by Crippen LogP contribution is 2.48. The summed E-state index contributed by atoms with van der Waals surface area (Å²) in [6, 6.07) is 76.7. The summed E-state index contributed by atoms with van der Waals surface area (Å²) in [5, 5.41) is 4.98. The minimum absolute atomic E-state index is 1.10. The van der Waals surface area contributed by atoms with Crippen LogP contribution in [0.5, 0.6) is 0 Å². The number of hydrogen-bond acceptors (Lipinski definition) is 1. The van der Waals surface area contributed by atoms with E-state index < -0.39 is 0 Å². The number of fused-ring (bicyclic) bond motifs is 3. The Hall–Kier alpha value is -6.70. The summed E-state index contributed by atoms with van der Waals surface area (Å²) in [5.41, 5.74) is 12.9. The summed E-state index contributed by atoms with van der Waals surface area (Å²) in [4.78, 5) is 2.44. The monoisotopic (exact) mass is 649 g/mol. The van der Waals surface area contributed by atoms with Crippen molar-refractivity contribution in [2.45, 2.75) is 0 Å². The van der Waals surface area contributed by atoms with Gasteiger partial charge in [-0.3, -0.25) is 0 Å². The van der Waals surface area contributed by atoms with Gasteiger partial charge in [0, 0.05) is 16.9 Å². The van der Waals surface area contributed by atoms with E-state index in [1.807, 2.05) is 0 Å². The van der Waals surface area contributed by atoms with Gasteiger partial charge in [-0.25, -0.2) is 0 Å². The number of anilines is 3. The van der Waals surface area contributed by atoms with E-state index in [9.17, 15) is 0 Å². The molecule has 0 unspecified atom stereocenters. The standard InChI is InChI=1S/C50H35N/c1-4-15-36(16-5-1)37-29-31-42(32-30-37)51(43-33-34-46-41(35-43)28-27-40-21-10-11-22-44(40)46)49-26-14-25-47(39-19-8-3-9-20-39)50(49)48-24-13-12-23-45(48)38-17-6-2-7-18-38/h1-35H. The molecule has 9 aromatic rings. The van der Waals surface area contributed by atoms with Crippen molar-refractivity contribution in [1.82, 2.24) is 0 Å². The van der Waals surface area contributed by atoms with Crippen LogP contribution in [0.4, 0.5) is 17.1 Å². The molecule has 0 aliphatic rings. The molecule has 0 aliphatic heterocycles. The topological polar surface area (TPSA) is 3.24 Å². The van der Waals surface area contributed by atoms with Crippen LogP contribution in [-0.4, -0.2) is 0 Å². The second-order valence-corrected chi connectivity index (χ2v) is 12.9. The zero-order chi connectivity index (χ0) is 34.0. The van der Waals surface area contributed by atoms with Gasteiger partial charge in [-0.1, -0.05) is 182 Å².